The number of hydrogen-bond acceptors (Lipinski definition) is 5. The zero-order valence-electron chi connectivity index (χ0n) is 18.4. The van der Waals surface area contributed by atoms with Crippen LogP contribution in [0.5, 0.6) is 5.75 Å². The van der Waals surface area contributed by atoms with E-state index in [1.807, 2.05) is 25.1 Å². The minimum absolute atomic E-state index is 0.215. The lowest BCUT2D eigenvalue weighted by Crippen LogP contribution is -2.43. The van der Waals surface area contributed by atoms with Gasteiger partial charge in [0.25, 0.3) is 5.91 Å². The highest BCUT2D eigenvalue weighted by molar-refractivity contribution is 6.31. The van der Waals surface area contributed by atoms with Gasteiger partial charge in [-0.3, -0.25) is 9.59 Å². The molecule has 1 aliphatic rings. The van der Waals surface area contributed by atoms with Crippen molar-refractivity contribution in [2.45, 2.75) is 6.92 Å². The Bertz CT molecular complexity index is 1140. The highest BCUT2D eigenvalue weighted by Gasteiger charge is 2.17. The van der Waals surface area contributed by atoms with Crippen molar-refractivity contribution < 1.29 is 14.3 Å². The molecule has 0 aliphatic carbocycles. The Labute approximate surface area is 198 Å². The van der Waals surface area contributed by atoms with E-state index in [-0.39, 0.29) is 18.3 Å². The molecule has 2 N–H and O–H groups in total. The summed E-state index contributed by atoms with van der Waals surface area (Å²) < 4.78 is 5.72. The van der Waals surface area contributed by atoms with Gasteiger partial charge in [0.05, 0.1) is 5.56 Å². The normalized spacial score (nSPS) is 13.5. The van der Waals surface area contributed by atoms with E-state index < -0.39 is 0 Å². The molecule has 1 aliphatic heterocycles. The van der Waals surface area contributed by atoms with Gasteiger partial charge in [0.15, 0.2) is 12.4 Å². The second-order valence-electron chi connectivity index (χ2n) is 7.91. The third-order valence-corrected chi connectivity index (χ3v) is 5.78. The number of carbonyl (C=O) groups is 2. The minimum atomic E-state index is -0.305. The Kier molecular flexibility index (Phi) is 7.27. The standard InChI is InChI=1S/C26H26ClN3O3/c1-18-15-21(30-13-11-28-12-14-30)8-9-23(18)29-25(31)17-33-24-10-7-20(27)16-22(24)26(32)19-5-3-2-4-6-19/h2-10,15-16,28H,11-14,17H2,1H3,(H,29,31). The summed E-state index contributed by atoms with van der Waals surface area (Å²) in [6.07, 6.45) is 0. The molecular formula is C26H26ClN3O3. The van der Waals surface area contributed by atoms with Crippen LogP contribution < -0.4 is 20.3 Å². The van der Waals surface area contributed by atoms with Crippen LogP contribution in [0.3, 0.4) is 0 Å². The maximum absolute atomic E-state index is 12.9. The summed E-state index contributed by atoms with van der Waals surface area (Å²) in [7, 11) is 0. The molecule has 3 aromatic rings. The van der Waals surface area contributed by atoms with Gasteiger partial charge in [-0.15, -0.1) is 0 Å². The number of nitrogens with one attached hydrogen (secondary N) is 2. The van der Waals surface area contributed by atoms with Gasteiger partial charge in [-0.25, -0.2) is 0 Å². The lowest BCUT2D eigenvalue weighted by Gasteiger charge is -2.30. The van der Waals surface area contributed by atoms with E-state index in [1.54, 1.807) is 42.5 Å². The van der Waals surface area contributed by atoms with Gasteiger partial charge in [0.1, 0.15) is 5.75 Å². The van der Waals surface area contributed by atoms with Gasteiger partial charge in [-0.1, -0.05) is 41.9 Å². The maximum Gasteiger partial charge on any atom is 0.262 e. The van der Waals surface area contributed by atoms with Crippen molar-refractivity contribution in [2.75, 3.05) is 43.0 Å². The lowest BCUT2D eigenvalue weighted by molar-refractivity contribution is -0.118. The van der Waals surface area contributed by atoms with E-state index in [4.69, 9.17) is 16.3 Å². The number of ether oxygens (including phenoxy) is 1. The smallest absolute Gasteiger partial charge is 0.262 e. The summed E-state index contributed by atoms with van der Waals surface area (Å²) in [4.78, 5) is 27.8. The Morgan fingerprint density at radius 1 is 1.03 bits per heavy atom. The van der Waals surface area contributed by atoms with Crippen molar-refractivity contribution >= 4 is 34.7 Å². The first-order chi connectivity index (χ1) is 16.0. The van der Waals surface area contributed by atoms with Crippen LogP contribution in [-0.4, -0.2) is 44.5 Å². The number of nitrogens with zero attached hydrogens (tertiary/aromatic N) is 1. The molecule has 0 bridgehead atoms. The summed E-state index contributed by atoms with van der Waals surface area (Å²) in [5.74, 6) is -0.205. The molecule has 0 unspecified atom stereocenters. The Morgan fingerprint density at radius 2 is 1.79 bits per heavy atom. The van der Waals surface area contributed by atoms with Crippen molar-refractivity contribution in [3.8, 4) is 5.75 Å². The average Bonchev–Trinajstić information content (AvgIpc) is 2.85. The zero-order valence-corrected chi connectivity index (χ0v) is 19.2. The molecular weight excluding hydrogens is 438 g/mol. The van der Waals surface area contributed by atoms with Gasteiger partial charge in [-0.2, -0.15) is 0 Å². The summed E-state index contributed by atoms with van der Waals surface area (Å²) in [5, 5.41) is 6.67. The molecule has 0 aromatic heterocycles. The quantitative estimate of drug-likeness (QED) is 0.511. The highest BCUT2D eigenvalue weighted by atomic mass is 35.5. The molecule has 7 heteroatoms. The molecule has 1 saturated heterocycles. The van der Waals surface area contributed by atoms with Crippen LogP contribution in [0.4, 0.5) is 11.4 Å². The summed E-state index contributed by atoms with van der Waals surface area (Å²) >= 11 is 6.11. The Balaban J connectivity index is 1.42. The van der Waals surface area contributed by atoms with Gasteiger partial charge >= 0.3 is 0 Å². The minimum Gasteiger partial charge on any atom is -0.483 e. The number of piperazine rings is 1. The van der Waals surface area contributed by atoms with Gasteiger partial charge in [0.2, 0.25) is 0 Å². The van der Waals surface area contributed by atoms with E-state index in [0.29, 0.717) is 21.9 Å². The van der Waals surface area contributed by atoms with E-state index in [9.17, 15) is 9.59 Å². The van der Waals surface area contributed by atoms with E-state index in [2.05, 4.69) is 21.6 Å². The molecule has 6 nitrogen and oxygen atoms in total. The number of halogens is 1. The van der Waals surface area contributed by atoms with Gasteiger partial charge in [0, 0.05) is 48.1 Å². The molecule has 170 valence electrons. The van der Waals surface area contributed by atoms with Crippen LogP contribution in [0.1, 0.15) is 21.5 Å². The van der Waals surface area contributed by atoms with Crippen molar-refractivity contribution in [3.05, 3.63) is 88.4 Å². The fourth-order valence-electron chi connectivity index (χ4n) is 3.79. The number of rotatable bonds is 7. The summed E-state index contributed by atoms with van der Waals surface area (Å²) in [6.45, 7) is 5.60. The molecule has 0 atom stereocenters. The zero-order chi connectivity index (χ0) is 23.2. The first kappa shape index (κ1) is 22.8. The average molecular weight is 464 g/mol. The van der Waals surface area contributed by atoms with Gasteiger partial charge < -0.3 is 20.3 Å². The molecule has 0 radical (unpaired) electrons. The van der Waals surface area contributed by atoms with Crippen LogP contribution in [-0.2, 0) is 4.79 Å². The second kappa shape index (κ2) is 10.5. The van der Waals surface area contributed by atoms with Crippen LogP contribution >= 0.6 is 11.6 Å². The van der Waals surface area contributed by atoms with Crippen LogP contribution in [0, 0.1) is 6.92 Å². The number of amides is 1. The molecule has 3 aromatic carbocycles. The summed E-state index contributed by atoms with van der Waals surface area (Å²) in [5.41, 5.74) is 3.70. The molecule has 1 amide bonds. The number of aryl methyl sites for hydroxylation is 1. The second-order valence-corrected chi connectivity index (χ2v) is 8.35. The predicted octanol–water partition coefficient (Wildman–Crippen LogP) is 4.31. The van der Waals surface area contributed by atoms with E-state index >= 15 is 0 Å². The molecule has 33 heavy (non-hydrogen) atoms. The number of anilines is 2. The van der Waals surface area contributed by atoms with E-state index in [1.165, 1.54) is 0 Å². The Morgan fingerprint density at radius 3 is 2.52 bits per heavy atom. The summed E-state index contributed by atoms with van der Waals surface area (Å²) in [6, 6.07) is 19.7. The molecule has 0 spiro atoms. The monoisotopic (exact) mass is 463 g/mol. The maximum atomic E-state index is 12.9. The first-order valence-corrected chi connectivity index (χ1v) is 11.3. The fraction of sp³-hybridized carbons (Fsp3) is 0.231. The predicted molar refractivity (Wildman–Crippen MR) is 132 cm³/mol. The third-order valence-electron chi connectivity index (χ3n) is 5.55. The topological polar surface area (TPSA) is 70.7 Å². The van der Waals surface area contributed by atoms with E-state index in [0.717, 1.165) is 43.1 Å². The molecule has 4 rings (SSSR count). The van der Waals surface area contributed by atoms with Crippen molar-refractivity contribution in [2.24, 2.45) is 0 Å². The van der Waals surface area contributed by atoms with Gasteiger partial charge in [-0.05, 0) is 48.9 Å². The van der Waals surface area contributed by atoms with Crippen molar-refractivity contribution in [1.82, 2.24) is 5.32 Å². The molecule has 1 fully saturated rings. The number of hydrogen-bond donors (Lipinski definition) is 2. The fourth-order valence-corrected chi connectivity index (χ4v) is 3.96. The SMILES string of the molecule is Cc1cc(N2CCNCC2)ccc1NC(=O)COc1ccc(Cl)cc1C(=O)c1ccccc1. The lowest BCUT2D eigenvalue weighted by atomic mass is 10.0. The van der Waals surface area contributed by atoms with Crippen molar-refractivity contribution in [3.63, 3.8) is 0 Å². The first-order valence-electron chi connectivity index (χ1n) is 10.9. The number of ketones is 1. The van der Waals surface area contributed by atoms with Crippen molar-refractivity contribution in [1.29, 1.82) is 0 Å². The number of carbonyl (C=O) groups excluding carboxylic acids is 2. The van der Waals surface area contributed by atoms with Crippen LogP contribution in [0.2, 0.25) is 5.02 Å². The van der Waals surface area contributed by atoms with Crippen LogP contribution in [0.15, 0.2) is 66.7 Å². The largest absolute Gasteiger partial charge is 0.483 e. The number of benzene rings is 3. The molecule has 1 heterocycles. The Hall–Kier alpha value is -3.35. The highest BCUT2D eigenvalue weighted by Crippen LogP contribution is 2.26. The molecule has 0 saturated carbocycles. The van der Waals surface area contributed by atoms with Crippen LogP contribution in [0.25, 0.3) is 0 Å². The third kappa shape index (κ3) is 5.72.